The summed E-state index contributed by atoms with van der Waals surface area (Å²) in [6.07, 6.45) is 0.849. The zero-order chi connectivity index (χ0) is 13.8. The van der Waals surface area contributed by atoms with Crippen LogP contribution in [-0.4, -0.2) is 16.1 Å². The molecule has 100 valence electrons. The van der Waals surface area contributed by atoms with Gasteiger partial charge in [0.05, 0.1) is 10.0 Å². The van der Waals surface area contributed by atoms with Crippen LogP contribution in [-0.2, 0) is 11.2 Å². The van der Waals surface area contributed by atoms with Gasteiger partial charge in [0.25, 0.3) is 0 Å². The van der Waals surface area contributed by atoms with Crippen LogP contribution in [0.25, 0.3) is 0 Å². The first-order valence-electron chi connectivity index (χ1n) is 5.59. The number of amides is 1. The molecular formula is C12H11Cl2N3OS. The van der Waals surface area contributed by atoms with E-state index in [4.69, 9.17) is 23.2 Å². The normalized spacial score (nSPS) is 10.5. The van der Waals surface area contributed by atoms with E-state index in [-0.39, 0.29) is 5.91 Å². The highest BCUT2D eigenvalue weighted by molar-refractivity contribution is 7.15. The van der Waals surface area contributed by atoms with Crippen molar-refractivity contribution in [3.05, 3.63) is 38.8 Å². The van der Waals surface area contributed by atoms with Crippen molar-refractivity contribution >= 4 is 45.6 Å². The second-order valence-corrected chi connectivity index (χ2v) is 5.85. The first-order valence-corrected chi connectivity index (χ1v) is 7.16. The summed E-state index contributed by atoms with van der Waals surface area (Å²) in [6, 6.07) is 5.39. The molecule has 0 fully saturated rings. The van der Waals surface area contributed by atoms with Gasteiger partial charge in [-0.15, -0.1) is 10.2 Å². The predicted molar refractivity (Wildman–Crippen MR) is 78.1 cm³/mol. The quantitative estimate of drug-likeness (QED) is 0.935. The average Bonchev–Trinajstić information content (AvgIpc) is 2.76. The topological polar surface area (TPSA) is 54.9 Å². The summed E-state index contributed by atoms with van der Waals surface area (Å²) >= 11 is 13.3. The molecule has 2 aromatic rings. The van der Waals surface area contributed by atoms with Crippen LogP contribution < -0.4 is 5.32 Å². The zero-order valence-corrected chi connectivity index (χ0v) is 12.4. The third-order valence-corrected chi connectivity index (χ3v) is 4.04. The van der Waals surface area contributed by atoms with Crippen molar-refractivity contribution in [3.8, 4) is 0 Å². The fraction of sp³-hybridized carbons (Fsp3) is 0.250. The molecule has 7 heteroatoms. The third kappa shape index (κ3) is 3.89. The fourth-order valence-electron chi connectivity index (χ4n) is 1.52. The molecule has 0 radical (unpaired) electrons. The van der Waals surface area contributed by atoms with Gasteiger partial charge in [0, 0.05) is 6.42 Å². The van der Waals surface area contributed by atoms with E-state index in [9.17, 15) is 4.79 Å². The molecule has 0 aliphatic heterocycles. The molecule has 1 amide bonds. The van der Waals surface area contributed by atoms with E-state index in [1.807, 2.05) is 19.1 Å². The highest BCUT2D eigenvalue weighted by atomic mass is 35.5. The van der Waals surface area contributed by atoms with Gasteiger partial charge in [-0.1, -0.05) is 46.7 Å². The molecule has 0 spiro atoms. The van der Waals surface area contributed by atoms with Crippen LogP contribution in [0.15, 0.2) is 18.2 Å². The lowest BCUT2D eigenvalue weighted by Gasteiger charge is -2.05. The molecule has 1 aromatic carbocycles. The van der Waals surface area contributed by atoms with Crippen molar-refractivity contribution in [3.63, 3.8) is 0 Å². The maximum atomic E-state index is 11.7. The summed E-state index contributed by atoms with van der Waals surface area (Å²) in [7, 11) is 0. The Bertz CT molecular complexity index is 600. The van der Waals surface area contributed by atoms with Gasteiger partial charge in [-0.25, -0.2) is 0 Å². The maximum Gasteiger partial charge on any atom is 0.226 e. The third-order valence-electron chi connectivity index (χ3n) is 2.43. The second-order valence-electron chi connectivity index (χ2n) is 3.89. The summed E-state index contributed by atoms with van der Waals surface area (Å²) < 4.78 is 0. The van der Waals surface area contributed by atoms with Gasteiger partial charge in [-0.3, -0.25) is 4.79 Å². The Kier molecular flexibility index (Phi) is 4.74. The first-order chi connectivity index (χ1) is 9.06. The lowest BCUT2D eigenvalue weighted by Crippen LogP contribution is -2.12. The minimum absolute atomic E-state index is 0.118. The average molecular weight is 316 g/mol. The number of nitrogens with one attached hydrogen (secondary N) is 1. The number of carbonyl (C=O) groups is 1. The Morgan fingerprint density at radius 2 is 2.16 bits per heavy atom. The molecule has 2 rings (SSSR count). The standard InChI is InChI=1S/C12H11Cl2N3OS/c1-7-16-17-12(19-7)15-10(18)6-5-8-3-2-4-9(13)11(8)14/h2-4H,5-6H2,1H3,(H,15,17,18). The van der Waals surface area contributed by atoms with Gasteiger partial charge in [0.1, 0.15) is 5.01 Å². The molecule has 0 bridgehead atoms. The molecule has 1 aromatic heterocycles. The van der Waals surface area contributed by atoms with Crippen LogP contribution in [0.3, 0.4) is 0 Å². The Morgan fingerprint density at radius 1 is 1.37 bits per heavy atom. The number of nitrogens with zero attached hydrogens (tertiary/aromatic N) is 2. The van der Waals surface area contributed by atoms with Crippen LogP contribution in [0.2, 0.25) is 10.0 Å². The molecule has 0 saturated carbocycles. The van der Waals surface area contributed by atoms with Gasteiger partial charge in [0.2, 0.25) is 11.0 Å². The van der Waals surface area contributed by atoms with Gasteiger partial charge < -0.3 is 5.32 Å². The monoisotopic (exact) mass is 315 g/mol. The number of carbonyl (C=O) groups excluding carboxylic acids is 1. The number of hydrogen-bond acceptors (Lipinski definition) is 4. The van der Waals surface area contributed by atoms with Crippen molar-refractivity contribution in [2.75, 3.05) is 5.32 Å². The summed E-state index contributed by atoms with van der Waals surface area (Å²) in [5, 5.41) is 12.7. The second kappa shape index (κ2) is 6.32. The lowest BCUT2D eigenvalue weighted by atomic mass is 10.1. The van der Waals surface area contributed by atoms with Crippen LogP contribution in [0.1, 0.15) is 17.0 Å². The van der Waals surface area contributed by atoms with Crippen molar-refractivity contribution in [2.45, 2.75) is 19.8 Å². The number of hydrogen-bond donors (Lipinski definition) is 1. The van der Waals surface area contributed by atoms with Crippen molar-refractivity contribution in [2.24, 2.45) is 0 Å². The fourth-order valence-corrected chi connectivity index (χ4v) is 2.54. The van der Waals surface area contributed by atoms with Crippen molar-refractivity contribution in [1.82, 2.24) is 10.2 Å². The number of aryl methyl sites for hydroxylation is 2. The first kappa shape index (κ1) is 14.2. The number of aromatic nitrogens is 2. The van der Waals surface area contributed by atoms with Gasteiger partial charge >= 0.3 is 0 Å². The van der Waals surface area contributed by atoms with Gasteiger partial charge in [-0.2, -0.15) is 0 Å². The molecular weight excluding hydrogens is 305 g/mol. The maximum absolute atomic E-state index is 11.7. The number of benzene rings is 1. The van der Waals surface area contributed by atoms with Crippen LogP contribution in [0.5, 0.6) is 0 Å². The lowest BCUT2D eigenvalue weighted by molar-refractivity contribution is -0.116. The molecule has 19 heavy (non-hydrogen) atoms. The van der Waals surface area contributed by atoms with Crippen molar-refractivity contribution in [1.29, 1.82) is 0 Å². The van der Waals surface area contributed by atoms with E-state index in [1.54, 1.807) is 6.07 Å². The van der Waals surface area contributed by atoms with Crippen LogP contribution in [0, 0.1) is 6.92 Å². The highest BCUT2D eigenvalue weighted by Crippen LogP contribution is 2.26. The van der Waals surface area contributed by atoms with E-state index < -0.39 is 0 Å². The summed E-state index contributed by atoms with van der Waals surface area (Å²) in [4.78, 5) is 11.7. The SMILES string of the molecule is Cc1nnc(NC(=O)CCc2cccc(Cl)c2Cl)s1. The van der Waals surface area contributed by atoms with E-state index in [0.717, 1.165) is 10.6 Å². The summed E-state index contributed by atoms with van der Waals surface area (Å²) in [5.74, 6) is -0.118. The van der Waals surface area contributed by atoms with E-state index in [0.29, 0.717) is 28.0 Å². The smallest absolute Gasteiger partial charge is 0.226 e. The predicted octanol–water partition coefficient (Wildman–Crippen LogP) is 3.72. The van der Waals surface area contributed by atoms with Crippen LogP contribution >= 0.6 is 34.5 Å². The number of anilines is 1. The van der Waals surface area contributed by atoms with Gasteiger partial charge in [0.15, 0.2) is 0 Å². The zero-order valence-electron chi connectivity index (χ0n) is 10.1. The van der Waals surface area contributed by atoms with Crippen LogP contribution in [0.4, 0.5) is 5.13 Å². The Labute approximate surface area is 124 Å². The van der Waals surface area contributed by atoms with Gasteiger partial charge in [-0.05, 0) is 25.0 Å². The summed E-state index contributed by atoms with van der Waals surface area (Å²) in [6.45, 7) is 1.83. The molecule has 0 aliphatic carbocycles. The van der Waals surface area contributed by atoms with E-state index in [2.05, 4.69) is 15.5 Å². The van der Waals surface area contributed by atoms with Crippen molar-refractivity contribution < 1.29 is 4.79 Å². The molecule has 0 saturated heterocycles. The molecule has 0 unspecified atom stereocenters. The minimum atomic E-state index is -0.118. The largest absolute Gasteiger partial charge is 0.301 e. The molecule has 1 N–H and O–H groups in total. The molecule has 4 nitrogen and oxygen atoms in total. The van der Waals surface area contributed by atoms with E-state index >= 15 is 0 Å². The Morgan fingerprint density at radius 3 is 2.84 bits per heavy atom. The minimum Gasteiger partial charge on any atom is -0.301 e. The number of halogens is 2. The highest BCUT2D eigenvalue weighted by Gasteiger charge is 2.09. The molecule has 0 atom stereocenters. The summed E-state index contributed by atoms with van der Waals surface area (Å²) in [5.41, 5.74) is 0.859. The Hall–Kier alpha value is -1.17. The Balaban J connectivity index is 1.91. The molecule has 1 heterocycles. The van der Waals surface area contributed by atoms with E-state index in [1.165, 1.54) is 11.3 Å². The number of rotatable bonds is 4. The molecule has 0 aliphatic rings.